The van der Waals surface area contributed by atoms with Gasteiger partial charge >= 0.3 is 0 Å². The van der Waals surface area contributed by atoms with E-state index in [-0.39, 0.29) is 0 Å². The molecule has 1 aromatic heterocycles. The normalized spacial score (nSPS) is 10.6. The maximum atomic E-state index is 5.78. The summed E-state index contributed by atoms with van der Waals surface area (Å²) in [6.45, 7) is 4.19. The monoisotopic (exact) mass is 277 g/mol. The SMILES string of the molecule is CSc1nc(N)cc(Sc2cc(C)ccc2C)n1. The van der Waals surface area contributed by atoms with Crippen LogP contribution in [0.25, 0.3) is 0 Å². The van der Waals surface area contributed by atoms with Gasteiger partial charge in [0.1, 0.15) is 10.8 Å². The fourth-order valence-corrected chi connectivity index (χ4v) is 2.95. The second-order valence-corrected chi connectivity index (χ2v) is 5.82. The molecule has 1 heterocycles. The first-order valence-corrected chi connectivity index (χ1v) is 7.56. The molecule has 2 aromatic rings. The smallest absolute Gasteiger partial charge is 0.190 e. The van der Waals surface area contributed by atoms with Crippen LogP contribution in [0.3, 0.4) is 0 Å². The number of hydrogen-bond donors (Lipinski definition) is 1. The van der Waals surface area contributed by atoms with Crippen LogP contribution in [0.5, 0.6) is 0 Å². The molecule has 18 heavy (non-hydrogen) atoms. The number of nitrogen functional groups attached to an aromatic ring is 1. The molecular formula is C13H15N3S2. The predicted octanol–water partition coefficient (Wildman–Crippen LogP) is 3.55. The van der Waals surface area contributed by atoms with Crippen molar-refractivity contribution in [3.8, 4) is 0 Å². The lowest BCUT2D eigenvalue weighted by molar-refractivity contribution is 0.901. The van der Waals surface area contributed by atoms with Crippen LogP contribution in [-0.2, 0) is 0 Å². The van der Waals surface area contributed by atoms with Crippen molar-refractivity contribution in [2.24, 2.45) is 0 Å². The highest BCUT2D eigenvalue weighted by Gasteiger charge is 2.06. The summed E-state index contributed by atoms with van der Waals surface area (Å²) >= 11 is 3.13. The van der Waals surface area contributed by atoms with Gasteiger partial charge in [-0.15, -0.1) is 0 Å². The van der Waals surface area contributed by atoms with Gasteiger partial charge in [0.15, 0.2) is 5.16 Å². The lowest BCUT2D eigenvalue weighted by atomic mass is 10.2. The fraction of sp³-hybridized carbons (Fsp3) is 0.231. The summed E-state index contributed by atoms with van der Waals surface area (Å²) in [5.74, 6) is 0.516. The summed E-state index contributed by atoms with van der Waals surface area (Å²) in [7, 11) is 0. The van der Waals surface area contributed by atoms with Crippen molar-refractivity contribution in [2.45, 2.75) is 28.9 Å². The average Bonchev–Trinajstić information content (AvgIpc) is 2.33. The van der Waals surface area contributed by atoms with Crippen LogP contribution >= 0.6 is 23.5 Å². The number of aromatic nitrogens is 2. The van der Waals surface area contributed by atoms with Crippen LogP contribution in [0.1, 0.15) is 11.1 Å². The Hall–Kier alpha value is -1.20. The largest absolute Gasteiger partial charge is 0.384 e. The Bertz CT molecular complexity index is 570. The third-order valence-electron chi connectivity index (χ3n) is 2.44. The number of benzene rings is 1. The molecule has 0 spiro atoms. The van der Waals surface area contributed by atoms with Crippen LogP contribution < -0.4 is 5.73 Å². The number of hydrogen-bond acceptors (Lipinski definition) is 5. The number of nitrogens with two attached hydrogens (primary N) is 1. The van der Waals surface area contributed by atoms with Crippen molar-refractivity contribution < 1.29 is 0 Å². The van der Waals surface area contributed by atoms with Crippen molar-refractivity contribution in [3.05, 3.63) is 35.4 Å². The first-order valence-electron chi connectivity index (χ1n) is 5.52. The number of aryl methyl sites for hydroxylation is 2. The third-order valence-corrected chi connectivity index (χ3v) is 4.07. The highest BCUT2D eigenvalue weighted by atomic mass is 32.2. The molecule has 1 aromatic carbocycles. The molecule has 94 valence electrons. The zero-order valence-electron chi connectivity index (χ0n) is 10.6. The molecule has 2 rings (SSSR count). The Balaban J connectivity index is 2.33. The van der Waals surface area contributed by atoms with E-state index in [1.54, 1.807) is 11.8 Å². The first-order chi connectivity index (χ1) is 8.58. The van der Waals surface area contributed by atoms with Gasteiger partial charge in [0.2, 0.25) is 0 Å². The Morgan fingerprint density at radius 1 is 1.11 bits per heavy atom. The average molecular weight is 277 g/mol. The van der Waals surface area contributed by atoms with Crippen molar-refractivity contribution in [1.29, 1.82) is 0 Å². The molecule has 0 saturated heterocycles. The summed E-state index contributed by atoms with van der Waals surface area (Å²) in [5, 5.41) is 1.60. The van der Waals surface area contributed by atoms with Crippen LogP contribution in [0, 0.1) is 13.8 Å². The molecule has 5 heteroatoms. The Labute approximate surface area is 116 Å². The molecule has 3 nitrogen and oxygen atoms in total. The van der Waals surface area contributed by atoms with Gasteiger partial charge in [-0.25, -0.2) is 9.97 Å². The minimum atomic E-state index is 0.516. The molecule has 0 aliphatic rings. The zero-order valence-corrected chi connectivity index (χ0v) is 12.2. The lowest BCUT2D eigenvalue weighted by Gasteiger charge is -2.07. The van der Waals surface area contributed by atoms with Gasteiger partial charge in [0, 0.05) is 11.0 Å². The molecule has 0 unspecified atom stereocenters. The van der Waals surface area contributed by atoms with E-state index in [9.17, 15) is 0 Å². The van der Waals surface area contributed by atoms with Crippen LogP contribution in [0.2, 0.25) is 0 Å². The Morgan fingerprint density at radius 2 is 1.89 bits per heavy atom. The number of nitrogens with zero attached hydrogens (tertiary/aromatic N) is 2. The Kier molecular flexibility index (Phi) is 4.14. The first kappa shape index (κ1) is 13.2. The number of rotatable bonds is 3. The summed E-state index contributed by atoms with van der Waals surface area (Å²) in [4.78, 5) is 9.81. The van der Waals surface area contributed by atoms with E-state index in [2.05, 4.69) is 42.0 Å². The van der Waals surface area contributed by atoms with Gasteiger partial charge in [-0.1, -0.05) is 35.7 Å². The molecule has 0 amide bonds. The standard InChI is InChI=1S/C13H15N3S2/c1-8-4-5-9(2)10(6-8)18-12-7-11(14)15-13(16-12)17-3/h4-7H,1-3H3,(H2,14,15,16). The van der Waals surface area contributed by atoms with Crippen LogP contribution in [0.15, 0.2) is 39.3 Å². The van der Waals surface area contributed by atoms with Gasteiger partial charge in [-0.3, -0.25) is 0 Å². The number of thioether (sulfide) groups is 1. The van der Waals surface area contributed by atoms with E-state index in [1.165, 1.54) is 27.8 Å². The second-order valence-electron chi connectivity index (χ2n) is 3.99. The maximum Gasteiger partial charge on any atom is 0.190 e. The third kappa shape index (κ3) is 3.17. The van der Waals surface area contributed by atoms with Crippen molar-refractivity contribution in [3.63, 3.8) is 0 Å². The molecule has 0 bridgehead atoms. The maximum absolute atomic E-state index is 5.78. The van der Waals surface area contributed by atoms with Gasteiger partial charge in [0.05, 0.1) is 0 Å². The van der Waals surface area contributed by atoms with Gasteiger partial charge in [-0.2, -0.15) is 0 Å². The highest BCUT2D eigenvalue weighted by Crippen LogP contribution is 2.31. The van der Waals surface area contributed by atoms with Crippen molar-refractivity contribution >= 4 is 29.3 Å². The van der Waals surface area contributed by atoms with E-state index in [0.29, 0.717) is 11.0 Å². The molecule has 0 aliphatic heterocycles. The fourth-order valence-electron chi connectivity index (χ4n) is 1.49. The molecule has 0 saturated carbocycles. The molecule has 0 fully saturated rings. The zero-order chi connectivity index (χ0) is 13.1. The highest BCUT2D eigenvalue weighted by molar-refractivity contribution is 7.99. The predicted molar refractivity (Wildman–Crippen MR) is 78.3 cm³/mol. The topological polar surface area (TPSA) is 51.8 Å². The van der Waals surface area contributed by atoms with Gasteiger partial charge in [0.25, 0.3) is 0 Å². The van der Waals surface area contributed by atoms with E-state index < -0.39 is 0 Å². The van der Waals surface area contributed by atoms with E-state index in [4.69, 9.17) is 5.73 Å². The molecule has 0 radical (unpaired) electrons. The lowest BCUT2D eigenvalue weighted by Crippen LogP contribution is -1.95. The summed E-state index contributed by atoms with van der Waals surface area (Å²) in [5.41, 5.74) is 8.27. The molecule has 2 N–H and O–H groups in total. The summed E-state index contributed by atoms with van der Waals surface area (Å²) < 4.78 is 0. The molecule has 0 aliphatic carbocycles. The molecular weight excluding hydrogens is 262 g/mol. The summed E-state index contributed by atoms with van der Waals surface area (Å²) in [6, 6.07) is 8.21. The summed E-state index contributed by atoms with van der Waals surface area (Å²) in [6.07, 6.45) is 1.95. The van der Waals surface area contributed by atoms with Gasteiger partial charge in [-0.05, 0) is 37.3 Å². The number of anilines is 1. The van der Waals surface area contributed by atoms with Crippen LogP contribution in [0.4, 0.5) is 5.82 Å². The Morgan fingerprint density at radius 3 is 2.61 bits per heavy atom. The quantitative estimate of drug-likeness (QED) is 0.528. The van der Waals surface area contributed by atoms with Crippen molar-refractivity contribution in [1.82, 2.24) is 9.97 Å². The van der Waals surface area contributed by atoms with E-state index in [0.717, 1.165) is 5.03 Å². The van der Waals surface area contributed by atoms with Crippen LogP contribution in [-0.4, -0.2) is 16.2 Å². The second kappa shape index (κ2) is 5.63. The minimum Gasteiger partial charge on any atom is -0.384 e. The van der Waals surface area contributed by atoms with E-state index in [1.807, 2.05) is 12.3 Å². The minimum absolute atomic E-state index is 0.516. The van der Waals surface area contributed by atoms with Crippen molar-refractivity contribution in [2.75, 3.05) is 12.0 Å². The molecule has 0 atom stereocenters. The van der Waals surface area contributed by atoms with E-state index >= 15 is 0 Å². The van der Waals surface area contributed by atoms with Gasteiger partial charge < -0.3 is 5.73 Å².